The number of aryl methyl sites for hydroxylation is 2. The molecule has 0 spiro atoms. The largest absolute Gasteiger partial charge is 0.360 e. The molecule has 0 bridgehead atoms. The summed E-state index contributed by atoms with van der Waals surface area (Å²) in [6.07, 6.45) is 0. The van der Waals surface area contributed by atoms with E-state index in [2.05, 4.69) is 5.16 Å². The quantitative estimate of drug-likeness (QED) is 0.786. The predicted octanol–water partition coefficient (Wildman–Crippen LogP) is 1.63. The summed E-state index contributed by atoms with van der Waals surface area (Å²) in [5, 5.41) is 5.42. The molecule has 0 radical (unpaired) electrons. The van der Waals surface area contributed by atoms with Gasteiger partial charge >= 0.3 is 0 Å². The second-order valence-electron chi connectivity index (χ2n) is 4.75. The van der Waals surface area contributed by atoms with Crippen molar-refractivity contribution < 1.29 is 30.9 Å². The van der Waals surface area contributed by atoms with Gasteiger partial charge in [0.25, 0.3) is 0 Å². The Balaban J connectivity index is 2.08. The number of hydrogen-bond donors (Lipinski definition) is 2. The number of aromatic nitrogens is 1. The van der Waals surface area contributed by atoms with Crippen LogP contribution in [0.1, 0.15) is 11.5 Å². The summed E-state index contributed by atoms with van der Waals surface area (Å²) in [6.45, 7) is 2.03. The van der Waals surface area contributed by atoms with E-state index < -0.39 is 45.6 Å². The number of benzene rings is 1. The third kappa shape index (κ3) is 3.57. The number of amides is 1. The number of rotatable bonds is 5. The Bertz CT molecular complexity index is 877. The maximum absolute atomic E-state index is 13.4. The first-order valence-corrected chi connectivity index (χ1v) is 7.97. The van der Waals surface area contributed by atoms with Crippen molar-refractivity contribution in [1.82, 2.24) is 9.88 Å². The monoisotopic (exact) mass is 363 g/mol. The lowest BCUT2D eigenvalue weighted by atomic mass is 10.3. The van der Waals surface area contributed by atoms with Crippen molar-refractivity contribution in [2.24, 2.45) is 0 Å². The summed E-state index contributed by atoms with van der Waals surface area (Å²) >= 11 is 0. The summed E-state index contributed by atoms with van der Waals surface area (Å²) in [5.74, 6) is -5.69. The van der Waals surface area contributed by atoms with E-state index in [1.165, 1.54) is 13.8 Å². The van der Waals surface area contributed by atoms with Crippen molar-refractivity contribution in [2.75, 3.05) is 11.9 Å². The van der Waals surface area contributed by atoms with Crippen LogP contribution in [0.25, 0.3) is 0 Å². The minimum Gasteiger partial charge on any atom is -0.360 e. The van der Waals surface area contributed by atoms with Crippen molar-refractivity contribution in [3.8, 4) is 0 Å². The van der Waals surface area contributed by atoms with E-state index in [4.69, 9.17) is 4.52 Å². The van der Waals surface area contributed by atoms with E-state index >= 15 is 0 Å². The molecule has 1 aromatic carbocycles. The van der Waals surface area contributed by atoms with Crippen LogP contribution in [0.15, 0.2) is 21.6 Å². The number of carbonyl (C=O) groups excluding carboxylic acids is 1. The molecule has 0 aliphatic rings. The van der Waals surface area contributed by atoms with Crippen molar-refractivity contribution in [1.29, 1.82) is 0 Å². The van der Waals surface area contributed by atoms with Crippen LogP contribution in [0.3, 0.4) is 0 Å². The van der Waals surface area contributed by atoms with Gasteiger partial charge in [0.05, 0.1) is 12.2 Å². The van der Waals surface area contributed by atoms with Crippen LogP contribution in [-0.4, -0.2) is 26.0 Å². The van der Waals surface area contributed by atoms with E-state index in [9.17, 15) is 26.4 Å². The molecule has 2 aromatic rings. The lowest BCUT2D eigenvalue weighted by Crippen LogP contribution is -2.33. The summed E-state index contributed by atoms with van der Waals surface area (Å²) in [7, 11) is -4.09. The average molecular weight is 363 g/mol. The smallest absolute Gasteiger partial charge is 0.246 e. The van der Waals surface area contributed by atoms with Gasteiger partial charge in [-0.25, -0.2) is 26.3 Å². The minimum atomic E-state index is -4.09. The zero-order chi connectivity index (χ0) is 18.1. The van der Waals surface area contributed by atoms with Crippen LogP contribution >= 0.6 is 0 Å². The number of sulfonamides is 1. The van der Waals surface area contributed by atoms with Crippen LogP contribution in [-0.2, 0) is 14.8 Å². The average Bonchev–Trinajstić information content (AvgIpc) is 2.86. The number of halogens is 3. The minimum absolute atomic E-state index is 0.0343. The molecule has 0 aliphatic heterocycles. The number of hydrogen-bond acceptors (Lipinski definition) is 5. The van der Waals surface area contributed by atoms with Crippen LogP contribution < -0.4 is 10.0 Å². The molecule has 0 atom stereocenters. The van der Waals surface area contributed by atoms with Gasteiger partial charge in [-0.05, 0) is 26.0 Å². The van der Waals surface area contributed by atoms with E-state index in [1.54, 1.807) is 0 Å². The summed E-state index contributed by atoms with van der Waals surface area (Å²) in [4.78, 5) is 11.5. The van der Waals surface area contributed by atoms with Gasteiger partial charge in [-0.1, -0.05) is 5.16 Å². The second-order valence-corrected chi connectivity index (χ2v) is 6.45. The van der Waals surface area contributed by atoms with Crippen LogP contribution in [0.5, 0.6) is 0 Å². The van der Waals surface area contributed by atoms with E-state index in [0.29, 0.717) is 6.07 Å². The second kappa shape index (κ2) is 6.61. The predicted molar refractivity (Wildman–Crippen MR) is 76.1 cm³/mol. The molecule has 24 heavy (non-hydrogen) atoms. The zero-order valence-corrected chi connectivity index (χ0v) is 13.3. The lowest BCUT2D eigenvalue weighted by molar-refractivity contribution is -0.115. The lowest BCUT2D eigenvalue weighted by Gasteiger charge is -2.09. The highest BCUT2D eigenvalue weighted by atomic mass is 32.2. The van der Waals surface area contributed by atoms with Gasteiger partial charge in [0.15, 0.2) is 23.2 Å². The number of nitrogens with zero attached hydrogens (tertiary/aromatic N) is 1. The number of carbonyl (C=O) groups is 1. The molecule has 2 rings (SSSR count). The first kappa shape index (κ1) is 17.9. The standard InChI is InChI=1S/C13H12F3N3O4S/c1-6-13(7(2)23-19-6)24(21,22)17-5-10(20)18-9-4-3-8(14)11(15)12(9)16/h3-4,17H,5H2,1-2H3,(H,18,20). The Hall–Kier alpha value is -2.40. The molecular weight excluding hydrogens is 351 g/mol. The Morgan fingerprint density at radius 1 is 1.21 bits per heavy atom. The number of anilines is 1. The van der Waals surface area contributed by atoms with Gasteiger partial charge in [-0.15, -0.1) is 0 Å². The van der Waals surface area contributed by atoms with Gasteiger partial charge < -0.3 is 9.84 Å². The fraction of sp³-hybridized carbons (Fsp3) is 0.231. The molecule has 0 fully saturated rings. The van der Waals surface area contributed by atoms with Gasteiger partial charge in [0.1, 0.15) is 10.6 Å². The van der Waals surface area contributed by atoms with Crippen molar-refractivity contribution in [2.45, 2.75) is 18.7 Å². The molecule has 2 N–H and O–H groups in total. The van der Waals surface area contributed by atoms with Crippen molar-refractivity contribution >= 4 is 21.6 Å². The third-order valence-electron chi connectivity index (χ3n) is 2.97. The first-order valence-electron chi connectivity index (χ1n) is 6.49. The molecule has 1 aromatic heterocycles. The molecule has 0 saturated heterocycles. The fourth-order valence-electron chi connectivity index (χ4n) is 1.91. The van der Waals surface area contributed by atoms with Crippen LogP contribution in [0.2, 0.25) is 0 Å². The highest BCUT2D eigenvalue weighted by molar-refractivity contribution is 7.89. The van der Waals surface area contributed by atoms with Crippen LogP contribution in [0.4, 0.5) is 18.9 Å². The Morgan fingerprint density at radius 2 is 1.88 bits per heavy atom. The molecule has 130 valence electrons. The van der Waals surface area contributed by atoms with Gasteiger partial charge in [-0.3, -0.25) is 4.79 Å². The van der Waals surface area contributed by atoms with Gasteiger partial charge in [0, 0.05) is 0 Å². The van der Waals surface area contributed by atoms with Gasteiger partial charge in [0.2, 0.25) is 15.9 Å². The Labute approximate surface area is 134 Å². The molecular formula is C13H12F3N3O4S. The van der Waals surface area contributed by atoms with E-state index in [0.717, 1.165) is 6.07 Å². The van der Waals surface area contributed by atoms with Crippen molar-refractivity contribution in [3.63, 3.8) is 0 Å². The summed E-state index contributed by atoms with van der Waals surface area (Å²) < 4.78 is 70.2. The Kier molecular flexibility index (Phi) is 4.94. The summed E-state index contributed by atoms with van der Waals surface area (Å²) in [5.41, 5.74) is -0.512. The van der Waals surface area contributed by atoms with Crippen molar-refractivity contribution in [3.05, 3.63) is 41.0 Å². The zero-order valence-electron chi connectivity index (χ0n) is 12.5. The Morgan fingerprint density at radius 3 is 2.46 bits per heavy atom. The van der Waals surface area contributed by atoms with E-state index in [1.807, 2.05) is 10.0 Å². The number of nitrogens with one attached hydrogen (secondary N) is 2. The SMILES string of the molecule is Cc1noc(C)c1S(=O)(=O)NCC(=O)Nc1ccc(F)c(F)c1F. The highest BCUT2D eigenvalue weighted by Gasteiger charge is 2.25. The van der Waals surface area contributed by atoms with E-state index in [-0.39, 0.29) is 16.3 Å². The van der Waals surface area contributed by atoms with Crippen LogP contribution in [0, 0.1) is 31.3 Å². The highest BCUT2D eigenvalue weighted by Crippen LogP contribution is 2.20. The topological polar surface area (TPSA) is 101 Å². The maximum Gasteiger partial charge on any atom is 0.246 e. The maximum atomic E-state index is 13.4. The molecule has 7 nitrogen and oxygen atoms in total. The molecule has 1 amide bonds. The third-order valence-corrected chi connectivity index (χ3v) is 4.61. The molecule has 0 unspecified atom stereocenters. The molecule has 11 heteroatoms. The molecule has 1 heterocycles. The van der Waals surface area contributed by atoms with Gasteiger partial charge in [-0.2, -0.15) is 0 Å². The first-order chi connectivity index (χ1) is 11.1. The summed E-state index contributed by atoms with van der Waals surface area (Å²) in [6, 6.07) is 1.44. The molecule has 0 saturated carbocycles. The normalized spacial score (nSPS) is 11.5. The fourth-order valence-corrected chi connectivity index (χ4v) is 3.22. The molecule has 0 aliphatic carbocycles.